The first-order chi connectivity index (χ1) is 6.99. The molecule has 0 saturated carbocycles. The largest absolute Gasteiger partial charge is 0.223 e. The molecule has 15 heavy (non-hydrogen) atoms. The average Bonchev–Trinajstić information content (AvgIpc) is 2.59. The van der Waals surface area contributed by atoms with Gasteiger partial charge in [0, 0.05) is 11.8 Å². The first-order valence-electron chi connectivity index (χ1n) is 3.92. The van der Waals surface area contributed by atoms with Crippen LogP contribution in [0.4, 0.5) is 0 Å². The molecule has 0 N–H and O–H groups in total. The van der Waals surface area contributed by atoms with E-state index in [0.717, 1.165) is 16.0 Å². The topological polar surface area (TPSA) is 57.9 Å². The maximum Gasteiger partial charge on any atom is 0.185 e. The van der Waals surface area contributed by atoms with E-state index in [1.165, 1.54) is 29.2 Å². The summed E-state index contributed by atoms with van der Waals surface area (Å²) in [5, 5.41) is 10.6. The van der Waals surface area contributed by atoms with Crippen LogP contribution in [0.1, 0.15) is 5.56 Å². The van der Waals surface area contributed by atoms with Gasteiger partial charge >= 0.3 is 0 Å². The van der Waals surface area contributed by atoms with Crippen molar-refractivity contribution in [1.29, 1.82) is 5.26 Å². The fourth-order valence-corrected chi connectivity index (χ4v) is 2.96. The molecular weight excluding hydrogens is 250 g/mol. The fraction of sp³-hybridized carbons (Fsp3) is 0.222. The van der Waals surface area contributed by atoms with Crippen molar-refractivity contribution in [3.63, 3.8) is 0 Å². The molecule has 0 bridgehead atoms. The third-order valence-corrected chi connectivity index (χ3v) is 4.77. The Kier molecular flexibility index (Phi) is 3.97. The minimum absolute atomic E-state index is 0.198. The Morgan fingerprint density at radius 3 is 2.80 bits per heavy atom. The third kappa shape index (κ3) is 3.09. The van der Waals surface area contributed by atoms with Gasteiger partial charge in [-0.25, -0.2) is 8.42 Å². The van der Waals surface area contributed by atoms with Crippen LogP contribution >= 0.6 is 23.1 Å². The van der Waals surface area contributed by atoms with E-state index in [4.69, 9.17) is 5.26 Å². The molecule has 0 saturated heterocycles. The summed E-state index contributed by atoms with van der Waals surface area (Å²) in [7, 11) is -3.42. The van der Waals surface area contributed by atoms with Crippen molar-refractivity contribution in [2.45, 2.75) is 4.21 Å². The van der Waals surface area contributed by atoms with Gasteiger partial charge in [0.25, 0.3) is 0 Å². The van der Waals surface area contributed by atoms with Crippen molar-refractivity contribution in [2.24, 2.45) is 0 Å². The molecule has 6 heteroatoms. The minimum Gasteiger partial charge on any atom is -0.223 e. The van der Waals surface area contributed by atoms with Crippen molar-refractivity contribution in [2.75, 3.05) is 12.5 Å². The first-order valence-corrected chi connectivity index (χ1v) is 7.92. The summed E-state index contributed by atoms with van der Waals surface area (Å²) in [5.74, 6) is 0. The van der Waals surface area contributed by atoms with Gasteiger partial charge in [0.1, 0.15) is 11.0 Å². The summed E-state index contributed by atoms with van der Waals surface area (Å²) in [6.07, 6.45) is 4.36. The van der Waals surface area contributed by atoms with Crippen molar-refractivity contribution < 1.29 is 8.42 Å². The van der Waals surface area contributed by atoms with Crippen LogP contribution in [0, 0.1) is 11.3 Å². The van der Waals surface area contributed by atoms with Crippen LogP contribution in [0.15, 0.2) is 20.6 Å². The van der Waals surface area contributed by atoms with E-state index in [1.807, 2.05) is 11.6 Å². The molecule has 0 fully saturated rings. The summed E-state index contributed by atoms with van der Waals surface area (Å²) in [5.41, 5.74) is 0.787. The van der Waals surface area contributed by atoms with Gasteiger partial charge in [-0.15, -0.1) is 23.1 Å². The van der Waals surface area contributed by atoms with E-state index in [-0.39, 0.29) is 4.91 Å². The zero-order valence-corrected chi connectivity index (χ0v) is 10.7. The lowest BCUT2D eigenvalue weighted by atomic mass is 10.3. The van der Waals surface area contributed by atoms with Gasteiger partial charge in [-0.3, -0.25) is 0 Å². The summed E-state index contributed by atoms with van der Waals surface area (Å²) < 4.78 is 23.4. The zero-order chi connectivity index (χ0) is 11.5. The van der Waals surface area contributed by atoms with Crippen molar-refractivity contribution in [3.05, 3.63) is 21.9 Å². The van der Waals surface area contributed by atoms with Gasteiger partial charge in [-0.2, -0.15) is 5.26 Å². The third-order valence-electron chi connectivity index (χ3n) is 1.64. The van der Waals surface area contributed by atoms with Gasteiger partial charge in [0.2, 0.25) is 0 Å². The number of rotatable bonds is 3. The Morgan fingerprint density at radius 2 is 2.33 bits per heavy atom. The molecule has 0 aliphatic heterocycles. The molecular formula is C9H9NO2S3. The molecule has 0 radical (unpaired) electrons. The summed E-state index contributed by atoms with van der Waals surface area (Å²) >= 11 is 3.06. The highest BCUT2D eigenvalue weighted by atomic mass is 32.2. The van der Waals surface area contributed by atoms with Crippen LogP contribution in [0.25, 0.3) is 6.08 Å². The van der Waals surface area contributed by atoms with Gasteiger partial charge in [-0.05, 0) is 23.8 Å². The number of sulfone groups is 1. The first kappa shape index (κ1) is 12.3. The van der Waals surface area contributed by atoms with E-state index in [1.54, 1.807) is 12.1 Å². The second-order valence-corrected chi connectivity index (χ2v) is 6.74. The normalized spacial score (nSPS) is 12.5. The smallest absolute Gasteiger partial charge is 0.185 e. The summed E-state index contributed by atoms with van der Waals surface area (Å²) in [4.78, 5) is -0.198. The molecule has 1 heterocycles. The second kappa shape index (κ2) is 4.84. The number of thioether (sulfide) groups is 1. The van der Waals surface area contributed by atoms with E-state index in [0.29, 0.717) is 0 Å². The van der Waals surface area contributed by atoms with Crippen LogP contribution in [0.2, 0.25) is 0 Å². The van der Waals surface area contributed by atoms with Gasteiger partial charge in [-0.1, -0.05) is 0 Å². The maximum absolute atomic E-state index is 11.2. The summed E-state index contributed by atoms with van der Waals surface area (Å²) in [6.45, 7) is 0. The van der Waals surface area contributed by atoms with E-state index in [9.17, 15) is 8.42 Å². The highest BCUT2D eigenvalue weighted by Gasteiger charge is 2.11. The number of nitrogens with zero attached hydrogens (tertiary/aromatic N) is 1. The van der Waals surface area contributed by atoms with Crippen molar-refractivity contribution >= 4 is 39.0 Å². The van der Waals surface area contributed by atoms with E-state index >= 15 is 0 Å². The predicted octanol–water partition coefficient (Wildman–Crippen LogP) is 2.38. The Hall–Kier alpha value is -0.770. The quantitative estimate of drug-likeness (QED) is 0.617. The number of nitriles is 1. The minimum atomic E-state index is -3.42. The van der Waals surface area contributed by atoms with Crippen molar-refractivity contribution in [3.8, 4) is 6.07 Å². The molecule has 80 valence electrons. The molecule has 0 amide bonds. The molecule has 0 atom stereocenters. The number of allylic oxidation sites excluding steroid dienone is 1. The number of hydrogen-bond acceptors (Lipinski definition) is 5. The lowest BCUT2D eigenvalue weighted by Crippen LogP contribution is -1.98. The SMILES string of the molecule is CSc1sccc1C=C(C#N)S(C)(=O)=O. The van der Waals surface area contributed by atoms with Gasteiger partial charge in [0.05, 0.1) is 4.21 Å². The highest BCUT2D eigenvalue weighted by Crippen LogP contribution is 2.28. The van der Waals surface area contributed by atoms with Crippen LogP contribution in [0.5, 0.6) is 0 Å². The van der Waals surface area contributed by atoms with Crippen LogP contribution in [-0.4, -0.2) is 20.9 Å². The Labute approximate surface area is 97.3 Å². The van der Waals surface area contributed by atoms with Crippen LogP contribution < -0.4 is 0 Å². The Morgan fingerprint density at radius 1 is 1.67 bits per heavy atom. The monoisotopic (exact) mass is 259 g/mol. The fourth-order valence-electron chi connectivity index (χ4n) is 0.942. The molecule has 1 rings (SSSR count). The molecule has 0 aliphatic carbocycles. The highest BCUT2D eigenvalue weighted by molar-refractivity contribution is 8.00. The molecule has 0 aromatic carbocycles. The standard InChI is InChI=1S/C9H9NO2S3/c1-13-9-7(3-4-14-9)5-8(6-10)15(2,11)12/h3-5H,1-2H3. The molecule has 1 aromatic heterocycles. The average molecular weight is 259 g/mol. The molecule has 3 nitrogen and oxygen atoms in total. The van der Waals surface area contributed by atoms with Crippen LogP contribution in [0.3, 0.4) is 0 Å². The van der Waals surface area contributed by atoms with Gasteiger partial charge < -0.3 is 0 Å². The van der Waals surface area contributed by atoms with Crippen molar-refractivity contribution in [1.82, 2.24) is 0 Å². The lowest BCUT2D eigenvalue weighted by molar-refractivity contribution is 0.609. The van der Waals surface area contributed by atoms with E-state index in [2.05, 4.69) is 0 Å². The lowest BCUT2D eigenvalue weighted by Gasteiger charge is -1.96. The molecule has 0 spiro atoms. The van der Waals surface area contributed by atoms with Gasteiger partial charge in [0.15, 0.2) is 9.84 Å². The molecule has 0 aliphatic rings. The van der Waals surface area contributed by atoms with Crippen LogP contribution in [-0.2, 0) is 9.84 Å². The predicted molar refractivity (Wildman–Crippen MR) is 64.5 cm³/mol. The summed E-state index contributed by atoms with van der Waals surface area (Å²) in [6, 6.07) is 3.50. The number of thiophene rings is 1. The molecule has 1 aromatic rings. The molecule has 0 unspecified atom stereocenters. The van der Waals surface area contributed by atoms with E-state index < -0.39 is 9.84 Å². The zero-order valence-electron chi connectivity index (χ0n) is 8.22. The second-order valence-electron chi connectivity index (χ2n) is 2.76. The Bertz CT molecular complexity index is 520. The number of hydrogen-bond donors (Lipinski definition) is 0. The maximum atomic E-state index is 11.2. The Balaban J connectivity index is 3.23.